The minimum atomic E-state index is 0.146. The Labute approximate surface area is 62.4 Å². The van der Waals surface area contributed by atoms with E-state index in [9.17, 15) is 4.79 Å². The van der Waals surface area contributed by atoms with Crippen LogP contribution in [0.2, 0.25) is 0 Å². The van der Waals surface area contributed by atoms with Crippen LogP contribution in [0.15, 0.2) is 4.99 Å². The fraction of sp³-hybridized carbons (Fsp3) is 0.875. The van der Waals surface area contributed by atoms with Crippen LogP contribution in [0.4, 0.5) is 0 Å². The van der Waals surface area contributed by atoms with Gasteiger partial charge < -0.3 is 0 Å². The lowest BCUT2D eigenvalue weighted by atomic mass is 9.96. The monoisotopic (exact) mass is 141 g/mol. The molecule has 0 aromatic carbocycles. The van der Waals surface area contributed by atoms with Gasteiger partial charge in [0.2, 0.25) is 6.08 Å². The molecule has 1 atom stereocenters. The van der Waals surface area contributed by atoms with Crippen molar-refractivity contribution in [2.45, 2.75) is 39.7 Å². The zero-order valence-electron chi connectivity index (χ0n) is 6.92. The van der Waals surface area contributed by atoms with Crippen molar-refractivity contribution in [3.63, 3.8) is 0 Å². The summed E-state index contributed by atoms with van der Waals surface area (Å²) >= 11 is 0. The van der Waals surface area contributed by atoms with Crippen molar-refractivity contribution in [2.75, 3.05) is 0 Å². The van der Waals surface area contributed by atoms with Crippen LogP contribution in [-0.4, -0.2) is 12.1 Å². The first kappa shape index (κ1) is 9.38. The lowest BCUT2D eigenvalue weighted by Gasteiger charge is -2.14. The Morgan fingerprint density at radius 1 is 1.40 bits per heavy atom. The third-order valence-corrected chi connectivity index (χ3v) is 1.99. The minimum Gasteiger partial charge on any atom is -0.211 e. The standard InChI is InChI=1S/C8H15NO/c1-4-8(5-2)7(3)9-6-10/h7-8H,4-5H2,1-3H3. The van der Waals surface area contributed by atoms with Gasteiger partial charge in [-0.25, -0.2) is 9.79 Å². The zero-order chi connectivity index (χ0) is 7.98. The summed E-state index contributed by atoms with van der Waals surface area (Å²) in [5, 5.41) is 0. The fourth-order valence-corrected chi connectivity index (χ4v) is 1.16. The first-order valence-corrected chi connectivity index (χ1v) is 3.83. The second-order valence-electron chi connectivity index (χ2n) is 2.54. The van der Waals surface area contributed by atoms with Crippen LogP contribution >= 0.6 is 0 Å². The zero-order valence-corrected chi connectivity index (χ0v) is 6.92. The van der Waals surface area contributed by atoms with Crippen LogP contribution in [0.5, 0.6) is 0 Å². The van der Waals surface area contributed by atoms with Gasteiger partial charge in [-0.2, -0.15) is 0 Å². The van der Waals surface area contributed by atoms with Gasteiger partial charge in [0.05, 0.1) is 6.04 Å². The van der Waals surface area contributed by atoms with Crippen LogP contribution < -0.4 is 0 Å². The Balaban J connectivity index is 3.87. The van der Waals surface area contributed by atoms with Crippen molar-refractivity contribution < 1.29 is 4.79 Å². The average Bonchev–Trinajstić information content (AvgIpc) is 1.91. The first-order valence-electron chi connectivity index (χ1n) is 3.83. The molecule has 2 nitrogen and oxygen atoms in total. The van der Waals surface area contributed by atoms with Gasteiger partial charge in [0, 0.05) is 0 Å². The summed E-state index contributed by atoms with van der Waals surface area (Å²) in [6.45, 7) is 6.19. The van der Waals surface area contributed by atoms with E-state index < -0.39 is 0 Å². The molecule has 1 unspecified atom stereocenters. The lowest BCUT2D eigenvalue weighted by molar-refractivity contribution is 0.416. The number of rotatable bonds is 4. The lowest BCUT2D eigenvalue weighted by Crippen LogP contribution is -2.12. The van der Waals surface area contributed by atoms with Gasteiger partial charge >= 0.3 is 0 Å². The molecule has 58 valence electrons. The molecule has 0 saturated carbocycles. The molecule has 0 bridgehead atoms. The number of isocyanates is 1. The normalized spacial score (nSPS) is 12.8. The predicted octanol–water partition coefficient (Wildman–Crippen LogP) is 2.15. The fourth-order valence-electron chi connectivity index (χ4n) is 1.16. The third kappa shape index (κ3) is 2.79. The van der Waals surface area contributed by atoms with Crippen LogP contribution in [0, 0.1) is 5.92 Å². The molecule has 0 radical (unpaired) electrons. The van der Waals surface area contributed by atoms with Crippen molar-refractivity contribution >= 4 is 6.08 Å². The SMILES string of the molecule is CCC(CC)C(C)N=C=O. The molecule has 0 rings (SSSR count). The summed E-state index contributed by atoms with van der Waals surface area (Å²) in [6, 6.07) is 0.146. The van der Waals surface area contributed by atoms with Gasteiger partial charge in [-0.3, -0.25) is 0 Å². The summed E-state index contributed by atoms with van der Waals surface area (Å²) < 4.78 is 0. The molecule has 2 heteroatoms. The minimum absolute atomic E-state index is 0.146. The molecule has 0 N–H and O–H groups in total. The van der Waals surface area contributed by atoms with E-state index in [-0.39, 0.29) is 6.04 Å². The first-order chi connectivity index (χ1) is 4.76. The molecule has 0 saturated heterocycles. The van der Waals surface area contributed by atoms with Gasteiger partial charge in [-0.1, -0.05) is 26.7 Å². The number of aliphatic imine (C=N–C) groups is 1. The highest BCUT2D eigenvalue weighted by atomic mass is 16.1. The van der Waals surface area contributed by atoms with Crippen molar-refractivity contribution in [2.24, 2.45) is 10.9 Å². The Kier molecular flexibility index (Phi) is 4.87. The molecule has 0 aliphatic heterocycles. The van der Waals surface area contributed by atoms with Gasteiger partial charge in [0.25, 0.3) is 0 Å². The van der Waals surface area contributed by atoms with Crippen LogP contribution in [0.1, 0.15) is 33.6 Å². The van der Waals surface area contributed by atoms with E-state index >= 15 is 0 Å². The molecule has 10 heavy (non-hydrogen) atoms. The van der Waals surface area contributed by atoms with Gasteiger partial charge in [-0.15, -0.1) is 0 Å². The van der Waals surface area contributed by atoms with Gasteiger partial charge in [0.1, 0.15) is 0 Å². The summed E-state index contributed by atoms with van der Waals surface area (Å²) in [6.07, 6.45) is 3.76. The largest absolute Gasteiger partial charge is 0.235 e. The van der Waals surface area contributed by atoms with Crippen molar-refractivity contribution in [3.8, 4) is 0 Å². The highest BCUT2D eigenvalue weighted by Gasteiger charge is 2.10. The van der Waals surface area contributed by atoms with Crippen molar-refractivity contribution in [1.29, 1.82) is 0 Å². The Morgan fingerprint density at radius 2 is 1.90 bits per heavy atom. The number of nitrogens with zero attached hydrogens (tertiary/aromatic N) is 1. The molecular formula is C8H15NO. The predicted molar refractivity (Wildman–Crippen MR) is 41.7 cm³/mol. The molecule has 0 aliphatic carbocycles. The van der Waals surface area contributed by atoms with Gasteiger partial charge in [0.15, 0.2) is 0 Å². The maximum absolute atomic E-state index is 9.86. The topological polar surface area (TPSA) is 29.4 Å². The number of hydrogen-bond acceptors (Lipinski definition) is 2. The highest BCUT2D eigenvalue weighted by Crippen LogP contribution is 2.14. The van der Waals surface area contributed by atoms with E-state index in [2.05, 4.69) is 18.8 Å². The molecule has 0 aromatic heterocycles. The molecule has 0 aliphatic rings. The Bertz CT molecular complexity index is 123. The van der Waals surface area contributed by atoms with Gasteiger partial charge in [-0.05, 0) is 12.8 Å². The molecule has 0 spiro atoms. The molecule has 0 heterocycles. The molecule has 0 fully saturated rings. The van der Waals surface area contributed by atoms with Crippen molar-refractivity contribution in [3.05, 3.63) is 0 Å². The maximum Gasteiger partial charge on any atom is 0.235 e. The molecular weight excluding hydrogens is 126 g/mol. The van der Waals surface area contributed by atoms with Crippen LogP contribution in [0.3, 0.4) is 0 Å². The average molecular weight is 141 g/mol. The van der Waals surface area contributed by atoms with E-state index in [1.165, 1.54) is 0 Å². The smallest absolute Gasteiger partial charge is 0.211 e. The quantitative estimate of drug-likeness (QED) is 0.435. The third-order valence-electron chi connectivity index (χ3n) is 1.99. The summed E-state index contributed by atoms with van der Waals surface area (Å²) in [5.41, 5.74) is 0. The van der Waals surface area contributed by atoms with E-state index in [1.54, 1.807) is 6.08 Å². The molecule has 0 amide bonds. The summed E-state index contributed by atoms with van der Waals surface area (Å²) in [7, 11) is 0. The maximum atomic E-state index is 9.86. The highest BCUT2D eigenvalue weighted by molar-refractivity contribution is 5.33. The second-order valence-corrected chi connectivity index (χ2v) is 2.54. The Hall–Kier alpha value is -0.620. The number of hydrogen-bond donors (Lipinski definition) is 0. The summed E-state index contributed by atoms with van der Waals surface area (Å²) in [4.78, 5) is 13.5. The van der Waals surface area contributed by atoms with E-state index in [0.717, 1.165) is 12.8 Å². The number of carbonyl (C=O) groups excluding carboxylic acids is 1. The molecule has 0 aromatic rings. The Morgan fingerprint density at radius 3 is 2.20 bits per heavy atom. The summed E-state index contributed by atoms with van der Waals surface area (Å²) in [5.74, 6) is 0.543. The second kappa shape index (κ2) is 5.19. The van der Waals surface area contributed by atoms with Crippen molar-refractivity contribution in [1.82, 2.24) is 0 Å². The van der Waals surface area contributed by atoms with Crippen LogP contribution in [-0.2, 0) is 4.79 Å². The van der Waals surface area contributed by atoms with Crippen LogP contribution in [0.25, 0.3) is 0 Å². The van der Waals surface area contributed by atoms with E-state index in [4.69, 9.17) is 0 Å². The van der Waals surface area contributed by atoms with E-state index in [0.29, 0.717) is 5.92 Å². The van der Waals surface area contributed by atoms with E-state index in [1.807, 2.05) is 6.92 Å².